The number of nitrogens with two attached hydrogens (primary N) is 2. The third kappa shape index (κ3) is 6.57. The lowest BCUT2D eigenvalue weighted by molar-refractivity contribution is -0.139. The first kappa shape index (κ1) is 28.8. The fourth-order valence-corrected chi connectivity index (χ4v) is 4.26. The number of amides is 3. The molecule has 0 aliphatic carbocycles. The molecule has 11 nitrogen and oxygen atoms in total. The molecule has 2 aromatic carbocycles. The first-order valence-corrected chi connectivity index (χ1v) is 12.1. The maximum Gasteiger partial charge on any atom is 0.269 e. The van der Waals surface area contributed by atoms with Crippen LogP contribution in [0.2, 0.25) is 5.02 Å². The number of anilines is 1. The van der Waals surface area contributed by atoms with Gasteiger partial charge in [0.05, 0.1) is 35.8 Å². The van der Waals surface area contributed by atoms with Gasteiger partial charge in [0, 0.05) is 23.2 Å². The first-order chi connectivity index (χ1) is 17.9. The van der Waals surface area contributed by atoms with Crippen LogP contribution < -0.4 is 16.8 Å². The van der Waals surface area contributed by atoms with Gasteiger partial charge in [0.25, 0.3) is 5.91 Å². The number of fused-ring (bicyclic) bond motifs is 1. The number of hydrogen-bond acceptors (Lipinski definition) is 7. The largest absolute Gasteiger partial charge is 0.399 e. The summed E-state index contributed by atoms with van der Waals surface area (Å²) in [6.45, 7) is 0.684. The summed E-state index contributed by atoms with van der Waals surface area (Å²) in [6.07, 6.45) is 0. The van der Waals surface area contributed by atoms with E-state index in [1.165, 1.54) is 27.8 Å². The number of carbonyl (C=O) groups is 3. The van der Waals surface area contributed by atoms with Gasteiger partial charge in [0.15, 0.2) is 5.69 Å². The molecule has 0 aliphatic heterocycles. The van der Waals surface area contributed by atoms with Gasteiger partial charge in [-0.15, -0.1) is 0 Å². The number of aliphatic hydroxyl groups excluding tert-OH is 1. The molecule has 0 saturated carbocycles. The van der Waals surface area contributed by atoms with E-state index in [9.17, 15) is 23.9 Å². The molecule has 0 saturated heterocycles. The summed E-state index contributed by atoms with van der Waals surface area (Å²) in [5, 5.41) is 17.0. The smallest absolute Gasteiger partial charge is 0.269 e. The molecule has 0 bridgehead atoms. The van der Waals surface area contributed by atoms with Crippen molar-refractivity contribution in [2.45, 2.75) is 25.6 Å². The van der Waals surface area contributed by atoms with Crippen molar-refractivity contribution >= 4 is 45.9 Å². The van der Waals surface area contributed by atoms with E-state index < -0.39 is 48.8 Å². The van der Waals surface area contributed by atoms with Crippen molar-refractivity contribution in [1.29, 1.82) is 0 Å². The van der Waals surface area contributed by atoms with Gasteiger partial charge in [0.2, 0.25) is 11.8 Å². The molecule has 1 unspecified atom stereocenters. The SMILES string of the molecule is CC(CO)N(CC(=O)N[C@H](CN(C)C)c1cccc(Cl)c1F)C(=O)Cn1nc(C(N)=O)c2cc(N)ccc21. The first-order valence-electron chi connectivity index (χ1n) is 11.8. The van der Waals surface area contributed by atoms with Crippen LogP contribution in [0.25, 0.3) is 10.9 Å². The molecule has 3 aromatic rings. The molecule has 3 rings (SSSR count). The summed E-state index contributed by atoms with van der Waals surface area (Å²) in [5.41, 5.74) is 12.3. The Hall–Kier alpha value is -3.74. The van der Waals surface area contributed by atoms with Gasteiger partial charge in [-0.1, -0.05) is 23.7 Å². The van der Waals surface area contributed by atoms with Gasteiger partial charge in [-0.3, -0.25) is 19.1 Å². The molecule has 2 atom stereocenters. The molecule has 0 spiro atoms. The van der Waals surface area contributed by atoms with Crippen molar-refractivity contribution in [3.63, 3.8) is 0 Å². The molecule has 6 N–H and O–H groups in total. The molecule has 38 heavy (non-hydrogen) atoms. The number of hydrogen-bond donors (Lipinski definition) is 4. The Morgan fingerprint density at radius 3 is 2.58 bits per heavy atom. The number of aromatic nitrogens is 2. The van der Waals surface area contributed by atoms with Crippen LogP contribution in [-0.2, 0) is 16.1 Å². The normalized spacial score (nSPS) is 12.9. The van der Waals surface area contributed by atoms with Crippen LogP contribution in [0.4, 0.5) is 10.1 Å². The highest BCUT2D eigenvalue weighted by Crippen LogP contribution is 2.24. The summed E-state index contributed by atoms with van der Waals surface area (Å²) in [6, 6.07) is 7.78. The Kier molecular flexibility index (Phi) is 9.26. The van der Waals surface area contributed by atoms with Crippen LogP contribution in [0.15, 0.2) is 36.4 Å². The van der Waals surface area contributed by atoms with Crippen molar-refractivity contribution in [2.24, 2.45) is 5.73 Å². The van der Waals surface area contributed by atoms with E-state index in [4.69, 9.17) is 23.1 Å². The molecular weight excluding hydrogens is 517 g/mol. The second-order valence-corrected chi connectivity index (χ2v) is 9.63. The van der Waals surface area contributed by atoms with Crippen molar-refractivity contribution < 1.29 is 23.9 Å². The van der Waals surface area contributed by atoms with E-state index in [0.717, 1.165) is 0 Å². The van der Waals surface area contributed by atoms with Gasteiger partial charge in [-0.25, -0.2) is 4.39 Å². The summed E-state index contributed by atoms with van der Waals surface area (Å²) < 4.78 is 16.0. The Morgan fingerprint density at radius 2 is 1.95 bits per heavy atom. The number of likely N-dealkylation sites (N-methyl/N-ethyl adjacent to an activating group) is 1. The lowest BCUT2D eigenvalue weighted by Crippen LogP contribution is -2.49. The maximum absolute atomic E-state index is 14.7. The standard InChI is InChI=1S/C25H31ClFN7O4/c1-14(13-35)33(11-21(36)30-19(10-32(2)3)16-5-4-6-18(26)23(16)27)22(37)12-34-20-8-7-15(28)9-17(20)24(31-34)25(29)38/h4-9,14,19,35H,10-13,28H2,1-3H3,(H2,29,38)(H,30,36)/t14?,19-/m1/s1. The van der Waals surface area contributed by atoms with E-state index in [1.807, 2.05) is 0 Å². The van der Waals surface area contributed by atoms with E-state index in [2.05, 4.69) is 10.4 Å². The number of aliphatic hydroxyl groups is 1. The molecule has 3 amide bonds. The van der Waals surface area contributed by atoms with E-state index in [1.54, 1.807) is 44.1 Å². The monoisotopic (exact) mass is 547 g/mol. The summed E-state index contributed by atoms with van der Waals surface area (Å²) in [7, 11) is 3.54. The van der Waals surface area contributed by atoms with Crippen LogP contribution in [-0.4, -0.2) is 82.2 Å². The second kappa shape index (κ2) is 12.2. The average Bonchev–Trinajstić information content (AvgIpc) is 3.20. The minimum atomic E-state index is -0.785. The molecule has 1 aromatic heterocycles. The zero-order valence-corrected chi connectivity index (χ0v) is 22.1. The number of halogens is 2. The zero-order chi connectivity index (χ0) is 28.1. The van der Waals surface area contributed by atoms with E-state index >= 15 is 0 Å². The van der Waals surface area contributed by atoms with Gasteiger partial charge < -0.3 is 31.7 Å². The highest BCUT2D eigenvalue weighted by Gasteiger charge is 2.27. The summed E-state index contributed by atoms with van der Waals surface area (Å²) in [4.78, 5) is 41.2. The van der Waals surface area contributed by atoms with Crippen LogP contribution >= 0.6 is 11.6 Å². The number of nitrogens with zero attached hydrogens (tertiary/aromatic N) is 4. The predicted octanol–water partition coefficient (Wildman–Crippen LogP) is 1.14. The predicted molar refractivity (Wildman–Crippen MR) is 142 cm³/mol. The number of nitrogen functional groups attached to an aromatic ring is 1. The highest BCUT2D eigenvalue weighted by atomic mass is 35.5. The highest BCUT2D eigenvalue weighted by molar-refractivity contribution is 6.30. The van der Waals surface area contributed by atoms with E-state index in [0.29, 0.717) is 16.6 Å². The van der Waals surface area contributed by atoms with Gasteiger partial charge >= 0.3 is 0 Å². The third-order valence-electron chi connectivity index (χ3n) is 5.96. The van der Waals surface area contributed by atoms with Gasteiger partial charge in [0.1, 0.15) is 12.4 Å². The lowest BCUT2D eigenvalue weighted by Gasteiger charge is -2.29. The van der Waals surface area contributed by atoms with Crippen molar-refractivity contribution in [1.82, 2.24) is 24.9 Å². The van der Waals surface area contributed by atoms with Crippen LogP contribution in [0, 0.1) is 5.82 Å². The Morgan fingerprint density at radius 1 is 1.24 bits per heavy atom. The molecular formula is C25H31ClFN7O4. The van der Waals surface area contributed by atoms with Crippen LogP contribution in [0.1, 0.15) is 29.0 Å². The molecule has 0 radical (unpaired) electrons. The van der Waals surface area contributed by atoms with Gasteiger partial charge in [-0.05, 0) is 45.3 Å². The minimum Gasteiger partial charge on any atom is -0.399 e. The molecule has 204 valence electrons. The minimum absolute atomic E-state index is 0.0466. The molecule has 13 heteroatoms. The van der Waals surface area contributed by atoms with E-state index in [-0.39, 0.29) is 29.4 Å². The number of carbonyl (C=O) groups excluding carboxylic acids is 3. The van der Waals surface area contributed by atoms with Crippen LogP contribution in [0.3, 0.4) is 0 Å². The quantitative estimate of drug-likeness (QED) is 0.262. The Balaban J connectivity index is 1.84. The Bertz CT molecular complexity index is 1350. The Labute approximate surface area is 224 Å². The van der Waals surface area contributed by atoms with Gasteiger partial charge in [-0.2, -0.15) is 5.10 Å². The second-order valence-electron chi connectivity index (χ2n) is 9.23. The van der Waals surface area contributed by atoms with Crippen molar-refractivity contribution in [3.8, 4) is 0 Å². The average molecular weight is 548 g/mol. The number of nitrogens with one attached hydrogen (secondary N) is 1. The zero-order valence-electron chi connectivity index (χ0n) is 21.3. The third-order valence-corrected chi connectivity index (χ3v) is 6.26. The summed E-state index contributed by atoms with van der Waals surface area (Å²) in [5.74, 6) is -2.54. The lowest BCUT2D eigenvalue weighted by atomic mass is 10.1. The van der Waals surface area contributed by atoms with Crippen molar-refractivity contribution in [3.05, 3.63) is 58.5 Å². The number of rotatable bonds is 11. The van der Waals surface area contributed by atoms with Crippen molar-refractivity contribution in [2.75, 3.05) is 39.5 Å². The number of benzene rings is 2. The fraction of sp³-hybridized carbons (Fsp3) is 0.360. The maximum atomic E-state index is 14.7. The summed E-state index contributed by atoms with van der Waals surface area (Å²) >= 11 is 5.94. The molecule has 0 fully saturated rings. The molecule has 0 aliphatic rings. The molecule has 1 heterocycles. The van der Waals surface area contributed by atoms with Crippen LogP contribution in [0.5, 0.6) is 0 Å². The topological polar surface area (TPSA) is 160 Å². The fourth-order valence-electron chi connectivity index (χ4n) is 4.08. The number of primary amides is 1.